The zero-order chi connectivity index (χ0) is 27.9. The number of hydrogen-bond donors (Lipinski definition) is 3. The summed E-state index contributed by atoms with van der Waals surface area (Å²) in [4.78, 5) is 8.65. The van der Waals surface area contributed by atoms with Crippen LogP contribution in [-0.4, -0.2) is 57.3 Å². The van der Waals surface area contributed by atoms with Crippen molar-refractivity contribution >= 4 is 27.0 Å². The van der Waals surface area contributed by atoms with Crippen molar-refractivity contribution in [3.63, 3.8) is 0 Å². The lowest BCUT2D eigenvalue weighted by molar-refractivity contribution is 0.299. The third-order valence-electron chi connectivity index (χ3n) is 7.37. The summed E-state index contributed by atoms with van der Waals surface area (Å²) in [5.74, 6) is -1.36. The smallest absolute Gasteiger partial charge is 0.229 e. The lowest BCUT2D eigenvalue weighted by atomic mass is 9.76. The average molecular weight is 557 g/mol. The minimum atomic E-state index is -3.28. The van der Waals surface area contributed by atoms with Gasteiger partial charge >= 0.3 is 0 Å². The number of aromatic nitrogens is 4. The van der Waals surface area contributed by atoms with Crippen molar-refractivity contribution in [1.29, 1.82) is 0 Å². The Bertz CT molecular complexity index is 1590. The zero-order valence-electron chi connectivity index (χ0n) is 21.6. The van der Waals surface area contributed by atoms with E-state index in [-0.39, 0.29) is 36.1 Å². The Labute approximate surface area is 225 Å². The van der Waals surface area contributed by atoms with E-state index in [2.05, 4.69) is 20.4 Å². The number of nitrogens with two attached hydrogens (primary N) is 1. The molecule has 0 radical (unpaired) electrons. The van der Waals surface area contributed by atoms with Crippen LogP contribution in [0, 0.1) is 17.6 Å². The van der Waals surface area contributed by atoms with Gasteiger partial charge in [-0.2, -0.15) is 9.61 Å². The number of hydrogen-bond acceptors (Lipinski definition) is 8. The minimum absolute atomic E-state index is 0.00567. The standard InChI is InChI=1S/C27H30F2N6O3S/c1-15-9-17(12-22(30)26(15)39(2,37)38)19-5-7-31-14-24(19)33-27-32-13-18-3-4-23(34-35(18)27)25-20(28)10-16(6-8-36)11-21(25)29/h3-5,7,10-11,13-15,17,22,26,36H,6,8-9,12,30H2,1-2H3,(H,32,33). The Morgan fingerprint density at radius 3 is 2.56 bits per heavy atom. The molecule has 4 N–H and O–H groups in total. The summed E-state index contributed by atoms with van der Waals surface area (Å²) in [6.45, 7) is 1.70. The first-order valence-electron chi connectivity index (χ1n) is 12.7. The van der Waals surface area contributed by atoms with Crippen LogP contribution in [0.5, 0.6) is 0 Å². The second-order valence-electron chi connectivity index (χ2n) is 10.2. The normalized spacial score (nSPS) is 21.8. The molecule has 1 aliphatic rings. The maximum absolute atomic E-state index is 14.9. The Kier molecular flexibility index (Phi) is 7.36. The SMILES string of the molecule is CC1CC(c2ccncc2Nc2ncc3ccc(-c4c(F)cc(CCO)cc4F)nn23)CC(N)C1S(C)(=O)=O. The number of rotatable bonds is 7. The molecule has 5 rings (SSSR count). The van der Waals surface area contributed by atoms with Gasteiger partial charge in [0.25, 0.3) is 0 Å². The van der Waals surface area contributed by atoms with E-state index in [9.17, 15) is 17.2 Å². The predicted molar refractivity (Wildman–Crippen MR) is 144 cm³/mol. The Morgan fingerprint density at radius 2 is 1.90 bits per heavy atom. The highest BCUT2D eigenvalue weighted by Crippen LogP contribution is 2.41. The summed E-state index contributed by atoms with van der Waals surface area (Å²) in [7, 11) is -3.28. The van der Waals surface area contributed by atoms with E-state index >= 15 is 0 Å². The minimum Gasteiger partial charge on any atom is -0.396 e. The van der Waals surface area contributed by atoms with Gasteiger partial charge in [-0.05, 0) is 72.6 Å². The van der Waals surface area contributed by atoms with E-state index < -0.39 is 32.8 Å². The van der Waals surface area contributed by atoms with E-state index in [1.807, 2.05) is 13.0 Å². The number of nitrogens with one attached hydrogen (secondary N) is 1. The zero-order valence-corrected chi connectivity index (χ0v) is 22.4. The summed E-state index contributed by atoms with van der Waals surface area (Å²) in [6.07, 6.45) is 7.42. The number of pyridine rings is 1. The largest absolute Gasteiger partial charge is 0.396 e. The van der Waals surface area contributed by atoms with Crippen LogP contribution in [-0.2, 0) is 16.3 Å². The topological polar surface area (TPSA) is 136 Å². The molecule has 1 aromatic carbocycles. The number of halogens is 2. The fourth-order valence-electron chi connectivity index (χ4n) is 5.79. The quantitative estimate of drug-likeness (QED) is 0.314. The molecule has 0 saturated heterocycles. The number of nitrogens with zero attached hydrogens (tertiary/aromatic N) is 4. The van der Waals surface area contributed by atoms with Crippen molar-refractivity contribution < 1.29 is 22.3 Å². The van der Waals surface area contributed by atoms with Crippen LogP contribution in [0.3, 0.4) is 0 Å². The molecule has 4 unspecified atom stereocenters. The second kappa shape index (κ2) is 10.6. The van der Waals surface area contributed by atoms with Gasteiger partial charge in [0.05, 0.1) is 40.1 Å². The number of aliphatic hydroxyl groups excluding tert-OH is 1. The maximum Gasteiger partial charge on any atom is 0.229 e. The third kappa shape index (κ3) is 5.36. The Morgan fingerprint density at radius 1 is 1.15 bits per heavy atom. The highest BCUT2D eigenvalue weighted by Gasteiger charge is 2.40. The van der Waals surface area contributed by atoms with E-state index in [1.165, 1.54) is 29.0 Å². The fourth-order valence-corrected chi connectivity index (χ4v) is 7.49. The molecule has 1 saturated carbocycles. The highest BCUT2D eigenvalue weighted by atomic mass is 32.2. The van der Waals surface area contributed by atoms with Crippen molar-refractivity contribution in [3.8, 4) is 11.3 Å². The van der Waals surface area contributed by atoms with Gasteiger partial charge in [0.2, 0.25) is 5.95 Å². The van der Waals surface area contributed by atoms with Gasteiger partial charge in [-0.25, -0.2) is 22.2 Å². The van der Waals surface area contributed by atoms with Crippen LogP contribution in [0.1, 0.15) is 36.8 Å². The van der Waals surface area contributed by atoms with Crippen molar-refractivity contribution in [2.45, 2.75) is 43.4 Å². The first-order valence-corrected chi connectivity index (χ1v) is 14.6. The van der Waals surface area contributed by atoms with Gasteiger partial charge in [-0.3, -0.25) is 4.98 Å². The molecule has 1 aliphatic carbocycles. The van der Waals surface area contributed by atoms with Crippen LogP contribution in [0.15, 0.2) is 48.9 Å². The van der Waals surface area contributed by atoms with E-state index in [0.29, 0.717) is 35.6 Å². The first kappa shape index (κ1) is 27.1. The summed E-state index contributed by atoms with van der Waals surface area (Å²) in [6, 6.07) is 6.95. The van der Waals surface area contributed by atoms with Crippen LogP contribution in [0.2, 0.25) is 0 Å². The molecule has 0 aliphatic heterocycles. The Hall–Kier alpha value is -3.48. The maximum atomic E-state index is 14.9. The number of aliphatic hydroxyl groups is 1. The number of sulfone groups is 1. The molecule has 4 atom stereocenters. The summed E-state index contributed by atoms with van der Waals surface area (Å²) >= 11 is 0. The molecule has 4 aromatic rings. The molecular weight excluding hydrogens is 526 g/mol. The van der Waals surface area contributed by atoms with Gasteiger partial charge in [-0.15, -0.1) is 0 Å². The van der Waals surface area contributed by atoms with Crippen LogP contribution in [0.4, 0.5) is 20.4 Å². The van der Waals surface area contributed by atoms with Gasteiger partial charge in [0, 0.05) is 25.1 Å². The molecule has 39 heavy (non-hydrogen) atoms. The monoisotopic (exact) mass is 556 g/mol. The average Bonchev–Trinajstić information content (AvgIpc) is 3.25. The van der Waals surface area contributed by atoms with Gasteiger partial charge in [0.15, 0.2) is 9.84 Å². The molecule has 3 heterocycles. The third-order valence-corrected chi connectivity index (χ3v) is 9.18. The predicted octanol–water partition coefficient (Wildman–Crippen LogP) is 3.60. The van der Waals surface area contributed by atoms with Crippen molar-refractivity contribution in [2.75, 3.05) is 18.2 Å². The van der Waals surface area contributed by atoms with E-state index in [1.54, 1.807) is 24.7 Å². The highest BCUT2D eigenvalue weighted by molar-refractivity contribution is 7.91. The summed E-state index contributed by atoms with van der Waals surface area (Å²) in [5.41, 5.74) is 8.70. The number of benzene rings is 1. The number of imidazole rings is 1. The summed E-state index contributed by atoms with van der Waals surface area (Å²) < 4.78 is 55.8. The van der Waals surface area contributed by atoms with Gasteiger partial charge in [-0.1, -0.05) is 6.92 Å². The van der Waals surface area contributed by atoms with Crippen molar-refractivity contribution in [3.05, 3.63) is 71.7 Å². The van der Waals surface area contributed by atoms with Gasteiger partial charge in [0.1, 0.15) is 11.6 Å². The molecule has 12 heteroatoms. The molecule has 206 valence electrons. The number of anilines is 2. The molecule has 1 fully saturated rings. The van der Waals surface area contributed by atoms with Crippen molar-refractivity contribution in [1.82, 2.24) is 19.6 Å². The molecule has 0 bridgehead atoms. The molecular formula is C27H30F2N6O3S. The van der Waals surface area contributed by atoms with E-state index in [0.717, 1.165) is 5.56 Å². The molecule has 9 nitrogen and oxygen atoms in total. The van der Waals surface area contributed by atoms with Crippen LogP contribution < -0.4 is 11.1 Å². The number of fused-ring (bicyclic) bond motifs is 1. The van der Waals surface area contributed by atoms with Crippen LogP contribution in [0.25, 0.3) is 16.8 Å². The van der Waals surface area contributed by atoms with Crippen LogP contribution >= 0.6 is 0 Å². The Balaban J connectivity index is 1.47. The fraction of sp³-hybridized carbons (Fsp3) is 0.370. The lowest BCUT2D eigenvalue weighted by Crippen LogP contribution is -2.48. The van der Waals surface area contributed by atoms with Crippen molar-refractivity contribution in [2.24, 2.45) is 11.7 Å². The second-order valence-corrected chi connectivity index (χ2v) is 12.4. The van der Waals surface area contributed by atoms with E-state index in [4.69, 9.17) is 10.8 Å². The van der Waals surface area contributed by atoms with Gasteiger partial charge < -0.3 is 16.2 Å². The lowest BCUT2D eigenvalue weighted by Gasteiger charge is -2.38. The molecule has 0 spiro atoms. The first-order chi connectivity index (χ1) is 18.6. The molecule has 3 aromatic heterocycles. The summed E-state index contributed by atoms with van der Waals surface area (Å²) in [5, 5.41) is 16.2. The molecule has 0 amide bonds.